The van der Waals surface area contributed by atoms with Crippen molar-refractivity contribution in [1.29, 1.82) is 0 Å². The molecule has 1 aliphatic heterocycles. The van der Waals surface area contributed by atoms with Crippen LogP contribution in [0.5, 0.6) is 0 Å². The number of hydrogen-bond donors (Lipinski definition) is 2. The quantitative estimate of drug-likeness (QED) is 0.754. The van der Waals surface area contributed by atoms with Gasteiger partial charge in [-0.05, 0) is 65.6 Å². The van der Waals surface area contributed by atoms with E-state index in [2.05, 4.69) is 47.1 Å². The second-order valence-electron chi connectivity index (χ2n) is 5.59. The summed E-state index contributed by atoms with van der Waals surface area (Å²) >= 11 is 8.10. The Bertz CT molecular complexity index is 490. The molecule has 2 rings (SSSR count). The highest BCUT2D eigenvalue weighted by Crippen LogP contribution is 2.31. The van der Waals surface area contributed by atoms with Gasteiger partial charge in [0.2, 0.25) is 5.91 Å². The van der Waals surface area contributed by atoms with Crippen LogP contribution in [0.2, 0.25) is 5.02 Å². The maximum Gasteiger partial charge on any atom is 0.242 e. The lowest BCUT2D eigenvalue weighted by Gasteiger charge is -2.38. The summed E-state index contributed by atoms with van der Waals surface area (Å²) in [6.45, 7) is 5.17. The summed E-state index contributed by atoms with van der Waals surface area (Å²) in [5.41, 5.74) is 0.804. The van der Waals surface area contributed by atoms with Crippen molar-refractivity contribution in [1.82, 2.24) is 5.32 Å². The topological polar surface area (TPSA) is 41.1 Å². The number of carbonyl (C=O) groups is 1. The Morgan fingerprint density at radius 1 is 1.53 bits per heavy atom. The summed E-state index contributed by atoms with van der Waals surface area (Å²) in [6.07, 6.45) is 2.19. The summed E-state index contributed by atoms with van der Waals surface area (Å²) < 4.78 is 0.951. The predicted octanol–water partition coefficient (Wildman–Crippen LogP) is 3.66. The first-order valence-corrected chi connectivity index (χ1v) is 7.85. The Hall–Kier alpha value is -0.330. The zero-order chi connectivity index (χ0) is 14.0. The highest BCUT2D eigenvalue weighted by molar-refractivity contribution is 14.1. The van der Waals surface area contributed by atoms with Crippen LogP contribution < -0.4 is 10.6 Å². The fourth-order valence-corrected chi connectivity index (χ4v) is 3.46. The van der Waals surface area contributed by atoms with Crippen LogP contribution in [0.4, 0.5) is 5.69 Å². The van der Waals surface area contributed by atoms with Crippen LogP contribution in [0.3, 0.4) is 0 Å². The van der Waals surface area contributed by atoms with Gasteiger partial charge >= 0.3 is 0 Å². The molecular weight excluding hydrogens is 375 g/mol. The average Bonchev–Trinajstić information content (AvgIpc) is 2.32. The number of benzene rings is 1. The minimum absolute atomic E-state index is 0.0137. The maximum absolute atomic E-state index is 12.4. The Kier molecular flexibility index (Phi) is 4.74. The molecule has 0 saturated carbocycles. The van der Waals surface area contributed by atoms with Crippen molar-refractivity contribution < 1.29 is 4.79 Å². The molecule has 1 aromatic rings. The molecule has 104 valence electrons. The Morgan fingerprint density at radius 2 is 2.26 bits per heavy atom. The molecule has 0 radical (unpaired) electrons. The van der Waals surface area contributed by atoms with Crippen LogP contribution in [0, 0.1) is 8.99 Å². The molecule has 1 unspecified atom stereocenters. The minimum Gasteiger partial charge on any atom is -0.324 e. The molecule has 1 atom stereocenters. The lowest BCUT2D eigenvalue weighted by Crippen LogP contribution is -2.53. The molecule has 1 fully saturated rings. The zero-order valence-corrected chi connectivity index (χ0v) is 14.0. The fraction of sp³-hybridized carbons (Fsp3) is 0.500. The van der Waals surface area contributed by atoms with E-state index >= 15 is 0 Å². The van der Waals surface area contributed by atoms with Crippen LogP contribution in [-0.2, 0) is 4.79 Å². The molecule has 1 aliphatic rings. The summed E-state index contributed by atoms with van der Waals surface area (Å²) in [5, 5.41) is 6.99. The number of hydrogen-bond acceptors (Lipinski definition) is 2. The van der Waals surface area contributed by atoms with E-state index in [0.29, 0.717) is 5.02 Å². The van der Waals surface area contributed by atoms with Gasteiger partial charge in [-0.15, -0.1) is 0 Å². The van der Waals surface area contributed by atoms with E-state index in [1.807, 2.05) is 12.1 Å². The van der Waals surface area contributed by atoms with Crippen molar-refractivity contribution in [2.75, 3.05) is 11.9 Å². The number of carbonyl (C=O) groups excluding carboxylic acids is 1. The first-order chi connectivity index (χ1) is 8.90. The number of anilines is 1. The Morgan fingerprint density at radius 3 is 2.89 bits per heavy atom. The minimum atomic E-state index is -0.146. The van der Waals surface area contributed by atoms with Crippen LogP contribution in [0.15, 0.2) is 18.2 Å². The third kappa shape index (κ3) is 3.61. The van der Waals surface area contributed by atoms with E-state index in [-0.39, 0.29) is 17.4 Å². The zero-order valence-electron chi connectivity index (χ0n) is 11.1. The van der Waals surface area contributed by atoms with Crippen molar-refractivity contribution in [3.63, 3.8) is 0 Å². The van der Waals surface area contributed by atoms with Crippen LogP contribution >= 0.6 is 34.2 Å². The summed E-state index contributed by atoms with van der Waals surface area (Å²) in [7, 11) is 0. The number of nitrogens with one attached hydrogen (secondary N) is 2. The predicted molar refractivity (Wildman–Crippen MR) is 87.6 cm³/mol. The number of amides is 1. The smallest absolute Gasteiger partial charge is 0.242 e. The van der Waals surface area contributed by atoms with Gasteiger partial charge in [0.05, 0.1) is 11.7 Å². The molecule has 1 saturated heterocycles. The van der Waals surface area contributed by atoms with Crippen molar-refractivity contribution in [3.05, 3.63) is 26.8 Å². The number of rotatable bonds is 2. The largest absolute Gasteiger partial charge is 0.324 e. The third-order valence-electron chi connectivity index (χ3n) is 3.58. The molecule has 19 heavy (non-hydrogen) atoms. The standard InChI is InChI=1S/C14H18ClIN2O/c1-14(2)6-3-7-17-12(14)13(19)18-11-5-4-9(15)8-10(11)16/h4-5,8,12,17H,3,6-7H2,1-2H3,(H,18,19). The molecule has 1 heterocycles. The molecule has 5 heteroatoms. The first kappa shape index (κ1) is 15.1. The van der Waals surface area contributed by atoms with Crippen molar-refractivity contribution in [2.24, 2.45) is 5.41 Å². The third-order valence-corrected chi connectivity index (χ3v) is 4.71. The number of piperidine rings is 1. The second kappa shape index (κ2) is 5.97. The van der Waals surface area contributed by atoms with Crippen molar-refractivity contribution in [3.8, 4) is 0 Å². The fourth-order valence-electron chi connectivity index (χ4n) is 2.45. The van der Waals surface area contributed by atoms with Crippen molar-refractivity contribution in [2.45, 2.75) is 32.7 Å². The second-order valence-corrected chi connectivity index (χ2v) is 7.19. The molecule has 0 bridgehead atoms. The summed E-state index contributed by atoms with van der Waals surface area (Å²) in [6, 6.07) is 5.33. The average molecular weight is 393 g/mol. The van der Waals surface area contributed by atoms with Gasteiger partial charge in [-0.1, -0.05) is 25.4 Å². The van der Waals surface area contributed by atoms with Crippen molar-refractivity contribution >= 4 is 45.8 Å². The van der Waals surface area contributed by atoms with Gasteiger partial charge in [0.1, 0.15) is 0 Å². The lowest BCUT2D eigenvalue weighted by atomic mass is 9.77. The van der Waals surface area contributed by atoms with Gasteiger partial charge in [0, 0.05) is 8.59 Å². The molecule has 0 aliphatic carbocycles. The molecule has 2 N–H and O–H groups in total. The molecule has 3 nitrogen and oxygen atoms in total. The Balaban J connectivity index is 2.12. The monoisotopic (exact) mass is 392 g/mol. The van der Waals surface area contributed by atoms with E-state index in [1.54, 1.807) is 6.07 Å². The van der Waals surface area contributed by atoms with Gasteiger partial charge in [-0.3, -0.25) is 4.79 Å². The van der Waals surface area contributed by atoms with Crippen LogP contribution in [-0.4, -0.2) is 18.5 Å². The van der Waals surface area contributed by atoms with E-state index in [4.69, 9.17) is 11.6 Å². The van der Waals surface area contributed by atoms with E-state index < -0.39 is 0 Å². The van der Waals surface area contributed by atoms with Gasteiger partial charge < -0.3 is 10.6 Å². The summed E-state index contributed by atoms with van der Waals surface area (Å²) in [4.78, 5) is 12.4. The highest BCUT2D eigenvalue weighted by atomic mass is 127. The van der Waals surface area contributed by atoms with Crippen LogP contribution in [0.25, 0.3) is 0 Å². The van der Waals surface area contributed by atoms with E-state index in [9.17, 15) is 4.79 Å². The molecule has 1 amide bonds. The molecular formula is C14H18ClIN2O. The maximum atomic E-state index is 12.4. The Labute approximate surface area is 132 Å². The van der Waals surface area contributed by atoms with E-state index in [1.165, 1.54) is 0 Å². The molecule has 0 spiro atoms. The van der Waals surface area contributed by atoms with Crippen LogP contribution in [0.1, 0.15) is 26.7 Å². The number of halogens is 2. The highest BCUT2D eigenvalue weighted by Gasteiger charge is 2.37. The van der Waals surface area contributed by atoms with Gasteiger partial charge in [-0.2, -0.15) is 0 Å². The molecule has 1 aromatic carbocycles. The normalized spacial score (nSPS) is 22.0. The SMILES string of the molecule is CC1(C)CCCNC1C(=O)Nc1ccc(Cl)cc1I. The van der Waals surface area contributed by atoms with Gasteiger partial charge in [0.15, 0.2) is 0 Å². The molecule has 0 aromatic heterocycles. The van der Waals surface area contributed by atoms with Gasteiger partial charge in [0.25, 0.3) is 0 Å². The van der Waals surface area contributed by atoms with E-state index in [0.717, 1.165) is 28.6 Å². The first-order valence-electron chi connectivity index (χ1n) is 6.39. The lowest BCUT2D eigenvalue weighted by molar-refractivity contribution is -0.121. The van der Waals surface area contributed by atoms with Gasteiger partial charge in [-0.25, -0.2) is 0 Å². The summed E-state index contributed by atoms with van der Waals surface area (Å²) in [5.74, 6) is 0.0324.